The van der Waals surface area contributed by atoms with Crippen LogP contribution in [0.1, 0.15) is 28.9 Å². The van der Waals surface area contributed by atoms with Crippen LogP contribution in [0, 0.1) is 11.7 Å². The lowest BCUT2D eigenvalue weighted by Gasteiger charge is -2.31. The largest absolute Gasteiger partial charge is 0.369 e. The predicted octanol–water partition coefficient (Wildman–Crippen LogP) is 2.96. The molecule has 1 aromatic heterocycles. The van der Waals surface area contributed by atoms with Crippen LogP contribution in [0.2, 0.25) is 0 Å². The first kappa shape index (κ1) is 20.7. The van der Waals surface area contributed by atoms with Crippen molar-refractivity contribution >= 4 is 17.5 Å². The minimum absolute atomic E-state index is 0.0838. The van der Waals surface area contributed by atoms with Crippen LogP contribution in [0.4, 0.5) is 10.1 Å². The number of anilines is 1. The molecular formula is C23H24FN5O2. The highest BCUT2D eigenvalue weighted by Gasteiger charge is 2.23. The molecular weight excluding hydrogens is 397 g/mol. The fourth-order valence-corrected chi connectivity index (χ4v) is 3.79. The first-order valence-electron chi connectivity index (χ1n) is 10.2. The van der Waals surface area contributed by atoms with Crippen molar-refractivity contribution in [3.63, 3.8) is 0 Å². The van der Waals surface area contributed by atoms with Gasteiger partial charge in [-0.1, -0.05) is 18.2 Å². The Bertz CT molecular complexity index is 1080. The molecule has 4 rings (SSSR count). The van der Waals surface area contributed by atoms with Crippen LogP contribution >= 0.6 is 0 Å². The van der Waals surface area contributed by atoms with Crippen molar-refractivity contribution in [3.8, 4) is 5.69 Å². The van der Waals surface area contributed by atoms with E-state index in [1.165, 1.54) is 16.8 Å². The lowest BCUT2D eigenvalue weighted by atomic mass is 9.97. The average molecular weight is 421 g/mol. The zero-order valence-corrected chi connectivity index (χ0v) is 17.0. The number of aromatic nitrogens is 2. The average Bonchev–Trinajstić information content (AvgIpc) is 3.26. The maximum atomic E-state index is 13.4. The van der Waals surface area contributed by atoms with Crippen LogP contribution in [0.15, 0.2) is 60.8 Å². The summed E-state index contributed by atoms with van der Waals surface area (Å²) < 4.78 is 14.9. The van der Waals surface area contributed by atoms with Crippen LogP contribution in [0.5, 0.6) is 0 Å². The molecule has 8 heteroatoms. The topological polar surface area (TPSA) is 93.3 Å². The Morgan fingerprint density at radius 3 is 2.71 bits per heavy atom. The first-order valence-corrected chi connectivity index (χ1v) is 10.2. The molecule has 1 aliphatic rings. The highest BCUT2D eigenvalue weighted by molar-refractivity contribution is 6.02. The lowest BCUT2D eigenvalue weighted by Crippen LogP contribution is -2.40. The third-order valence-corrected chi connectivity index (χ3v) is 5.42. The molecule has 1 unspecified atom stereocenters. The number of nitrogens with one attached hydrogen (secondary N) is 1. The number of hydrogen-bond donors (Lipinski definition) is 2. The second-order valence-electron chi connectivity index (χ2n) is 7.75. The summed E-state index contributed by atoms with van der Waals surface area (Å²) in [6.45, 7) is 2.36. The van der Waals surface area contributed by atoms with Gasteiger partial charge in [0.2, 0.25) is 5.91 Å². The number of rotatable bonds is 6. The monoisotopic (exact) mass is 421 g/mol. The van der Waals surface area contributed by atoms with Gasteiger partial charge in [0.05, 0.1) is 11.6 Å². The first-order chi connectivity index (χ1) is 15.0. The number of benzene rings is 2. The summed E-state index contributed by atoms with van der Waals surface area (Å²) >= 11 is 0. The minimum atomic E-state index is -0.367. The van der Waals surface area contributed by atoms with E-state index >= 15 is 0 Å². The van der Waals surface area contributed by atoms with Crippen LogP contribution in [-0.2, 0) is 11.3 Å². The Labute approximate surface area is 179 Å². The molecule has 2 amide bonds. The number of hydrogen-bond acceptors (Lipinski definition) is 4. The Morgan fingerprint density at radius 2 is 1.97 bits per heavy atom. The smallest absolute Gasteiger partial charge is 0.276 e. The molecule has 0 bridgehead atoms. The van der Waals surface area contributed by atoms with Gasteiger partial charge in [-0.05, 0) is 61.3 Å². The normalized spacial score (nSPS) is 16.7. The molecule has 7 nitrogen and oxygen atoms in total. The van der Waals surface area contributed by atoms with E-state index in [1.54, 1.807) is 24.4 Å². The molecule has 0 spiro atoms. The Hall–Kier alpha value is -3.52. The van der Waals surface area contributed by atoms with Gasteiger partial charge in [0.1, 0.15) is 5.82 Å². The lowest BCUT2D eigenvalue weighted by molar-refractivity contribution is -0.123. The summed E-state index contributed by atoms with van der Waals surface area (Å²) in [5.74, 6) is -1.03. The third kappa shape index (κ3) is 5.16. The van der Waals surface area contributed by atoms with Crippen LogP contribution in [-0.4, -0.2) is 39.6 Å². The second kappa shape index (κ2) is 9.09. The van der Waals surface area contributed by atoms with Crippen molar-refractivity contribution in [1.29, 1.82) is 0 Å². The van der Waals surface area contributed by atoms with E-state index in [0.29, 0.717) is 17.9 Å². The van der Waals surface area contributed by atoms with Crippen molar-refractivity contribution in [3.05, 3.63) is 77.9 Å². The standard InChI is InChI=1S/C23H24FN5O2/c24-18-4-1-5-20(13-18)29-12-10-21(27-29)23(31)26-19-8-6-16(7-9-19)14-28-11-2-3-17(15-28)22(25)30/h1,4-10,12-13,17H,2-3,11,14-15H2,(H2,25,30)(H,26,31). The van der Waals surface area contributed by atoms with Gasteiger partial charge in [0, 0.05) is 25.0 Å². The summed E-state index contributed by atoms with van der Waals surface area (Å²) in [6.07, 6.45) is 3.43. The van der Waals surface area contributed by atoms with Crippen molar-refractivity contribution in [2.75, 3.05) is 18.4 Å². The molecule has 1 fully saturated rings. The molecule has 1 atom stereocenters. The van der Waals surface area contributed by atoms with Crippen molar-refractivity contribution in [2.24, 2.45) is 11.7 Å². The highest BCUT2D eigenvalue weighted by Crippen LogP contribution is 2.19. The van der Waals surface area contributed by atoms with Crippen LogP contribution in [0.3, 0.4) is 0 Å². The molecule has 2 aromatic carbocycles. The summed E-state index contributed by atoms with van der Waals surface area (Å²) in [5, 5.41) is 7.05. The second-order valence-corrected chi connectivity index (χ2v) is 7.75. The number of piperidine rings is 1. The summed E-state index contributed by atoms with van der Waals surface area (Å²) in [5.41, 5.74) is 7.98. The van der Waals surface area contributed by atoms with E-state index in [1.807, 2.05) is 24.3 Å². The van der Waals surface area contributed by atoms with Gasteiger partial charge in [-0.2, -0.15) is 5.10 Å². The van der Waals surface area contributed by atoms with Crippen LogP contribution < -0.4 is 11.1 Å². The summed E-state index contributed by atoms with van der Waals surface area (Å²) in [6, 6.07) is 15.2. The third-order valence-electron chi connectivity index (χ3n) is 5.42. The number of amides is 2. The number of nitrogens with zero attached hydrogens (tertiary/aromatic N) is 3. The molecule has 2 heterocycles. The molecule has 31 heavy (non-hydrogen) atoms. The number of nitrogens with two attached hydrogens (primary N) is 1. The number of carbonyl (C=O) groups is 2. The van der Waals surface area contributed by atoms with E-state index in [-0.39, 0.29) is 29.2 Å². The van der Waals surface area contributed by atoms with Crippen LogP contribution in [0.25, 0.3) is 5.69 Å². The molecule has 1 aliphatic heterocycles. The molecule has 0 saturated carbocycles. The maximum Gasteiger partial charge on any atom is 0.276 e. The van der Waals surface area contributed by atoms with Gasteiger partial charge in [0.15, 0.2) is 5.69 Å². The summed E-state index contributed by atoms with van der Waals surface area (Å²) in [4.78, 5) is 26.2. The molecule has 3 N–H and O–H groups in total. The summed E-state index contributed by atoms with van der Waals surface area (Å²) in [7, 11) is 0. The van der Waals surface area contributed by atoms with Gasteiger partial charge in [-0.15, -0.1) is 0 Å². The SMILES string of the molecule is NC(=O)C1CCCN(Cc2ccc(NC(=O)c3ccn(-c4cccc(F)c4)n3)cc2)C1. The molecule has 3 aromatic rings. The van der Waals surface area contributed by atoms with Crippen molar-refractivity contribution < 1.29 is 14.0 Å². The zero-order valence-electron chi connectivity index (χ0n) is 17.0. The van der Waals surface area contributed by atoms with Crippen molar-refractivity contribution in [2.45, 2.75) is 19.4 Å². The molecule has 0 aliphatic carbocycles. The number of carbonyl (C=O) groups excluding carboxylic acids is 2. The van der Waals surface area contributed by atoms with Gasteiger partial charge in [0.25, 0.3) is 5.91 Å². The van der Waals surface area contributed by atoms with E-state index in [4.69, 9.17) is 5.73 Å². The minimum Gasteiger partial charge on any atom is -0.369 e. The molecule has 160 valence electrons. The van der Waals surface area contributed by atoms with E-state index in [9.17, 15) is 14.0 Å². The van der Waals surface area contributed by atoms with Gasteiger partial charge < -0.3 is 11.1 Å². The van der Waals surface area contributed by atoms with Crippen molar-refractivity contribution in [1.82, 2.24) is 14.7 Å². The zero-order chi connectivity index (χ0) is 21.8. The van der Waals surface area contributed by atoms with Gasteiger partial charge in [-0.3, -0.25) is 14.5 Å². The fourth-order valence-electron chi connectivity index (χ4n) is 3.79. The Balaban J connectivity index is 1.36. The highest BCUT2D eigenvalue weighted by atomic mass is 19.1. The predicted molar refractivity (Wildman–Crippen MR) is 115 cm³/mol. The Kier molecular flexibility index (Phi) is 6.08. The number of primary amides is 1. The number of likely N-dealkylation sites (tertiary alicyclic amines) is 1. The van der Waals surface area contributed by atoms with E-state index in [0.717, 1.165) is 31.5 Å². The van der Waals surface area contributed by atoms with E-state index < -0.39 is 0 Å². The van der Waals surface area contributed by atoms with E-state index in [2.05, 4.69) is 15.3 Å². The van der Waals surface area contributed by atoms with Gasteiger partial charge >= 0.3 is 0 Å². The number of halogens is 1. The molecule has 0 radical (unpaired) electrons. The van der Waals surface area contributed by atoms with Gasteiger partial charge in [-0.25, -0.2) is 9.07 Å². The maximum absolute atomic E-state index is 13.4. The molecule has 1 saturated heterocycles. The Morgan fingerprint density at radius 1 is 1.16 bits per heavy atom. The fraction of sp³-hybridized carbons (Fsp3) is 0.261. The quantitative estimate of drug-likeness (QED) is 0.640.